The number of amides is 1. The normalized spacial score (nSPS) is 12.8. The number of rotatable bonds is 7. The van der Waals surface area contributed by atoms with Gasteiger partial charge < -0.3 is 14.9 Å². The molecule has 0 spiro atoms. The third-order valence-corrected chi connectivity index (χ3v) is 3.34. The summed E-state index contributed by atoms with van der Waals surface area (Å²) in [5, 5.41) is 5.95. The predicted octanol–water partition coefficient (Wildman–Crippen LogP) is 0.420. The van der Waals surface area contributed by atoms with Crippen LogP contribution in [0.3, 0.4) is 0 Å². The zero-order chi connectivity index (χ0) is 13.3. The van der Waals surface area contributed by atoms with Crippen LogP contribution in [0, 0.1) is 0 Å². The van der Waals surface area contributed by atoms with Crippen LogP contribution in [0.15, 0.2) is 5.16 Å². The monoisotopic (exact) mass is 262 g/mol. The summed E-state index contributed by atoms with van der Waals surface area (Å²) in [6.45, 7) is 1.90. The van der Waals surface area contributed by atoms with Crippen molar-refractivity contribution in [3.63, 3.8) is 0 Å². The largest absolute Gasteiger partial charge is 0.464 e. The Kier molecular flexibility index (Phi) is 8.21. The third-order valence-electron chi connectivity index (χ3n) is 1.95. The molecule has 0 radical (unpaired) electrons. The van der Waals surface area contributed by atoms with Gasteiger partial charge in [-0.15, -0.1) is 11.8 Å². The van der Waals surface area contributed by atoms with Gasteiger partial charge in [0.25, 0.3) is 0 Å². The van der Waals surface area contributed by atoms with E-state index in [1.54, 1.807) is 7.05 Å². The Bertz CT molecular complexity index is 294. The minimum atomic E-state index is -0.539. The first-order valence-corrected chi connectivity index (χ1v) is 6.17. The van der Waals surface area contributed by atoms with Crippen molar-refractivity contribution in [2.24, 2.45) is 5.16 Å². The van der Waals surface area contributed by atoms with E-state index >= 15 is 0 Å². The van der Waals surface area contributed by atoms with E-state index in [1.807, 2.05) is 6.92 Å². The molecule has 0 fully saturated rings. The number of nitrogens with zero attached hydrogens (tertiary/aromatic N) is 1. The van der Waals surface area contributed by atoms with Crippen molar-refractivity contribution in [3.8, 4) is 0 Å². The Morgan fingerprint density at radius 2 is 2.06 bits per heavy atom. The molecule has 0 saturated heterocycles. The van der Waals surface area contributed by atoms with Gasteiger partial charge in [-0.1, -0.05) is 12.1 Å². The number of carbonyl (C=O) groups is 2. The number of ether oxygens (including phenoxy) is 1. The maximum atomic E-state index is 11.5. The summed E-state index contributed by atoms with van der Waals surface area (Å²) in [5.41, 5.74) is 0.186. The van der Waals surface area contributed by atoms with Crippen LogP contribution in [-0.4, -0.2) is 49.9 Å². The van der Waals surface area contributed by atoms with Crippen LogP contribution in [0.5, 0.6) is 0 Å². The minimum absolute atomic E-state index is 0.102. The predicted molar refractivity (Wildman–Crippen MR) is 67.1 cm³/mol. The highest BCUT2D eigenvalue weighted by Gasteiger charge is 2.24. The minimum Gasteiger partial charge on any atom is -0.464 e. The standard InChI is InChI=1S/C10H18N2O4S/c1-5-7(17-6-8(13)11-2)9(12-16-4)10(14)15-3/h7H,5-6H2,1-4H3,(H,11,13). The third kappa shape index (κ3) is 5.58. The Labute approximate surface area is 105 Å². The lowest BCUT2D eigenvalue weighted by atomic mass is 10.2. The molecule has 17 heavy (non-hydrogen) atoms. The summed E-state index contributed by atoms with van der Waals surface area (Å²) in [6.07, 6.45) is 0.652. The maximum absolute atomic E-state index is 11.5. The molecule has 0 heterocycles. The molecule has 0 saturated carbocycles. The second-order valence-corrected chi connectivity index (χ2v) is 4.22. The average Bonchev–Trinajstić information content (AvgIpc) is 2.36. The molecule has 1 unspecified atom stereocenters. The highest BCUT2D eigenvalue weighted by molar-refractivity contribution is 8.01. The van der Waals surface area contributed by atoms with Gasteiger partial charge in [-0.25, -0.2) is 4.79 Å². The van der Waals surface area contributed by atoms with Crippen LogP contribution >= 0.6 is 11.8 Å². The maximum Gasteiger partial charge on any atom is 0.357 e. The van der Waals surface area contributed by atoms with Crippen molar-refractivity contribution in [3.05, 3.63) is 0 Å². The van der Waals surface area contributed by atoms with E-state index in [1.165, 1.54) is 26.0 Å². The molecule has 0 aromatic heterocycles. The van der Waals surface area contributed by atoms with E-state index < -0.39 is 5.97 Å². The van der Waals surface area contributed by atoms with Crippen LogP contribution in [0.2, 0.25) is 0 Å². The molecule has 1 atom stereocenters. The lowest BCUT2D eigenvalue weighted by molar-refractivity contribution is -0.133. The molecule has 0 aliphatic heterocycles. The summed E-state index contributed by atoms with van der Waals surface area (Å²) in [5.74, 6) is -0.382. The molecule has 1 amide bonds. The first kappa shape index (κ1) is 15.8. The fraction of sp³-hybridized carbons (Fsp3) is 0.700. The molecule has 6 nitrogen and oxygen atoms in total. The second kappa shape index (κ2) is 8.86. The number of nitrogens with one attached hydrogen (secondary N) is 1. The SMILES string of the molecule is CCC(SCC(=O)NC)C(=NOC)C(=O)OC. The molecule has 0 rings (SSSR count). The van der Waals surface area contributed by atoms with Gasteiger partial charge in [-0.05, 0) is 6.42 Å². The van der Waals surface area contributed by atoms with E-state index in [0.29, 0.717) is 6.42 Å². The van der Waals surface area contributed by atoms with Crippen molar-refractivity contribution in [1.29, 1.82) is 0 Å². The lowest BCUT2D eigenvalue weighted by Gasteiger charge is -2.14. The zero-order valence-corrected chi connectivity index (χ0v) is 11.3. The van der Waals surface area contributed by atoms with Crippen LogP contribution in [-0.2, 0) is 19.2 Å². The number of hydrogen-bond acceptors (Lipinski definition) is 6. The summed E-state index contributed by atoms with van der Waals surface area (Å²) in [6, 6.07) is 0. The van der Waals surface area contributed by atoms with E-state index in [0.717, 1.165) is 0 Å². The Morgan fingerprint density at radius 3 is 2.47 bits per heavy atom. The Balaban J connectivity index is 4.63. The van der Waals surface area contributed by atoms with Gasteiger partial charge in [0.2, 0.25) is 5.91 Å². The summed E-state index contributed by atoms with van der Waals surface area (Å²) in [7, 11) is 4.21. The first-order valence-electron chi connectivity index (χ1n) is 5.12. The highest BCUT2D eigenvalue weighted by Crippen LogP contribution is 2.17. The van der Waals surface area contributed by atoms with Crippen LogP contribution < -0.4 is 5.32 Å². The summed E-state index contributed by atoms with van der Waals surface area (Å²) in [4.78, 5) is 27.2. The summed E-state index contributed by atoms with van der Waals surface area (Å²) >= 11 is 1.32. The van der Waals surface area contributed by atoms with Crippen LogP contribution in [0.25, 0.3) is 0 Å². The number of oxime groups is 1. The quantitative estimate of drug-likeness (QED) is 0.409. The molecular weight excluding hydrogens is 244 g/mol. The van der Waals surface area contributed by atoms with Gasteiger partial charge in [-0.2, -0.15) is 0 Å². The van der Waals surface area contributed by atoms with Gasteiger partial charge in [0.1, 0.15) is 7.11 Å². The molecule has 0 bridgehead atoms. The molecular formula is C10H18N2O4S. The second-order valence-electron chi connectivity index (χ2n) is 3.03. The topological polar surface area (TPSA) is 77.0 Å². The molecule has 0 aliphatic carbocycles. The smallest absolute Gasteiger partial charge is 0.357 e. The van der Waals surface area contributed by atoms with E-state index in [-0.39, 0.29) is 22.6 Å². The number of esters is 1. The molecule has 0 aromatic carbocycles. The molecule has 1 N–H and O–H groups in total. The van der Waals surface area contributed by atoms with Crippen LogP contribution in [0.1, 0.15) is 13.3 Å². The van der Waals surface area contributed by atoms with Gasteiger partial charge in [-0.3, -0.25) is 4.79 Å². The molecule has 0 aliphatic rings. The zero-order valence-electron chi connectivity index (χ0n) is 10.5. The van der Waals surface area contributed by atoms with E-state index in [2.05, 4.69) is 20.0 Å². The highest BCUT2D eigenvalue weighted by atomic mass is 32.2. The van der Waals surface area contributed by atoms with Gasteiger partial charge in [0, 0.05) is 7.05 Å². The molecule has 0 aromatic rings. The first-order chi connectivity index (χ1) is 8.10. The fourth-order valence-corrected chi connectivity index (χ4v) is 2.10. The van der Waals surface area contributed by atoms with E-state index in [9.17, 15) is 9.59 Å². The molecule has 7 heteroatoms. The lowest BCUT2D eigenvalue weighted by Crippen LogP contribution is -2.30. The van der Waals surface area contributed by atoms with Crippen molar-refractivity contribution in [1.82, 2.24) is 5.32 Å². The Hall–Kier alpha value is -1.24. The average molecular weight is 262 g/mol. The number of hydrogen-bond donors (Lipinski definition) is 1. The van der Waals surface area contributed by atoms with Crippen molar-refractivity contribution >= 4 is 29.4 Å². The Morgan fingerprint density at radius 1 is 1.41 bits per heavy atom. The van der Waals surface area contributed by atoms with Crippen molar-refractivity contribution < 1.29 is 19.2 Å². The van der Waals surface area contributed by atoms with Gasteiger partial charge >= 0.3 is 5.97 Å². The number of carbonyl (C=O) groups excluding carboxylic acids is 2. The number of thioether (sulfide) groups is 1. The van der Waals surface area contributed by atoms with Gasteiger partial charge in [0.15, 0.2) is 5.71 Å². The van der Waals surface area contributed by atoms with Crippen molar-refractivity contribution in [2.45, 2.75) is 18.6 Å². The molecule has 98 valence electrons. The van der Waals surface area contributed by atoms with Crippen LogP contribution in [0.4, 0.5) is 0 Å². The summed E-state index contributed by atoms with van der Waals surface area (Å²) < 4.78 is 4.62. The van der Waals surface area contributed by atoms with Gasteiger partial charge in [0.05, 0.1) is 18.1 Å². The number of methoxy groups -OCH3 is 1. The van der Waals surface area contributed by atoms with Crippen molar-refractivity contribution in [2.75, 3.05) is 27.0 Å². The fourth-order valence-electron chi connectivity index (χ4n) is 1.07. The van der Waals surface area contributed by atoms with E-state index in [4.69, 9.17) is 0 Å².